The first kappa shape index (κ1) is 25.9. The molecule has 0 bridgehead atoms. The van der Waals surface area contributed by atoms with E-state index in [1.165, 1.54) is 12.1 Å². The van der Waals surface area contributed by atoms with Gasteiger partial charge in [0.15, 0.2) is 0 Å². The second kappa shape index (κ2) is 12.5. The summed E-state index contributed by atoms with van der Waals surface area (Å²) in [7, 11) is -2.24. The summed E-state index contributed by atoms with van der Waals surface area (Å²) in [4.78, 5) is 2.83. The number of amidine groups is 1. The fourth-order valence-electron chi connectivity index (χ4n) is 2.27. The summed E-state index contributed by atoms with van der Waals surface area (Å²) in [5.74, 6) is 3.12. The summed E-state index contributed by atoms with van der Waals surface area (Å²) in [5.41, 5.74) is 6.52. The Morgan fingerprint density at radius 2 is 1.90 bits per heavy atom. The zero-order valence-electron chi connectivity index (χ0n) is 16.2. The minimum absolute atomic E-state index is 0. The maximum absolute atomic E-state index is 12.5. The van der Waals surface area contributed by atoms with Gasteiger partial charge >= 0.3 is 10.1 Å². The summed E-state index contributed by atoms with van der Waals surface area (Å²) in [5, 5.41) is 0.111. The van der Waals surface area contributed by atoms with Gasteiger partial charge in [0, 0.05) is 6.07 Å². The lowest BCUT2D eigenvalue weighted by Gasteiger charge is -2.12. The maximum atomic E-state index is 12.5. The second-order valence-corrected chi connectivity index (χ2v) is 9.01. The number of nitrogens with one attached hydrogen (secondary N) is 1. The SMILES string of the molecule is C[NH+]=C(N)CSCCCOc1cc(C)cc(OS(=O)(=O)c2ccccc2Cl)c1.[I-]. The number of benzene rings is 2. The number of ether oxygens (including phenoxy) is 1. The van der Waals surface area contributed by atoms with Crippen LogP contribution in [0.5, 0.6) is 11.5 Å². The number of nitrogens with two attached hydrogens (primary N) is 1. The van der Waals surface area contributed by atoms with Crippen molar-refractivity contribution < 1.29 is 46.3 Å². The van der Waals surface area contributed by atoms with Gasteiger partial charge in [-0.05, 0) is 48.9 Å². The molecule has 0 saturated heterocycles. The van der Waals surface area contributed by atoms with E-state index in [1.54, 1.807) is 43.1 Å². The first-order chi connectivity index (χ1) is 13.3. The van der Waals surface area contributed by atoms with Gasteiger partial charge in [-0.15, -0.1) is 11.8 Å². The summed E-state index contributed by atoms with van der Waals surface area (Å²) in [6.45, 7) is 2.35. The van der Waals surface area contributed by atoms with Crippen LogP contribution in [0.2, 0.25) is 5.02 Å². The van der Waals surface area contributed by atoms with E-state index in [0.717, 1.165) is 29.3 Å². The number of hydrogen-bond donors (Lipinski definition) is 2. The quantitative estimate of drug-likeness (QED) is 0.125. The van der Waals surface area contributed by atoms with Crippen molar-refractivity contribution in [2.75, 3.05) is 25.2 Å². The van der Waals surface area contributed by atoms with Crippen molar-refractivity contribution in [3.63, 3.8) is 0 Å². The minimum Gasteiger partial charge on any atom is -1.00 e. The predicted octanol–water partition coefficient (Wildman–Crippen LogP) is -1.01. The Kier molecular flexibility index (Phi) is 11.2. The van der Waals surface area contributed by atoms with Crippen LogP contribution < -0.4 is 43.6 Å². The molecule has 0 aliphatic carbocycles. The first-order valence-electron chi connectivity index (χ1n) is 8.62. The van der Waals surface area contributed by atoms with E-state index in [1.807, 2.05) is 13.0 Å². The normalized spacial score (nSPS) is 11.6. The van der Waals surface area contributed by atoms with Crippen molar-refractivity contribution in [3.8, 4) is 11.5 Å². The summed E-state index contributed by atoms with van der Waals surface area (Å²) >= 11 is 7.69. The van der Waals surface area contributed by atoms with Crippen LogP contribution >= 0.6 is 23.4 Å². The minimum atomic E-state index is -4.03. The van der Waals surface area contributed by atoms with E-state index in [9.17, 15) is 8.42 Å². The topological polar surface area (TPSA) is 92.6 Å². The monoisotopic (exact) mass is 570 g/mol. The zero-order chi connectivity index (χ0) is 20.6. The van der Waals surface area contributed by atoms with Gasteiger partial charge in [-0.2, -0.15) is 8.42 Å². The third kappa shape index (κ3) is 8.61. The summed E-state index contributed by atoms with van der Waals surface area (Å²) < 4.78 is 36.0. The van der Waals surface area contributed by atoms with E-state index >= 15 is 0 Å². The Labute approximate surface area is 198 Å². The molecule has 160 valence electrons. The van der Waals surface area contributed by atoms with Crippen molar-refractivity contribution in [2.45, 2.75) is 18.2 Å². The summed E-state index contributed by atoms with van der Waals surface area (Å²) in [6, 6.07) is 11.2. The van der Waals surface area contributed by atoms with Gasteiger partial charge in [-0.1, -0.05) is 23.7 Å². The molecule has 0 spiro atoms. The van der Waals surface area contributed by atoms with Gasteiger partial charge in [0.2, 0.25) is 5.84 Å². The highest BCUT2D eigenvalue weighted by Gasteiger charge is 2.20. The molecule has 0 radical (unpaired) electrons. The van der Waals surface area contributed by atoms with Crippen molar-refractivity contribution in [3.05, 3.63) is 53.1 Å². The van der Waals surface area contributed by atoms with Crippen LogP contribution in [0.15, 0.2) is 47.4 Å². The largest absolute Gasteiger partial charge is 1.00 e. The van der Waals surface area contributed by atoms with Gasteiger partial charge < -0.3 is 32.9 Å². The molecule has 10 heteroatoms. The number of halogens is 2. The average Bonchev–Trinajstić information content (AvgIpc) is 2.63. The molecule has 6 nitrogen and oxygen atoms in total. The van der Waals surface area contributed by atoms with E-state index in [2.05, 4.69) is 4.99 Å². The number of hydrogen-bond acceptors (Lipinski definition) is 5. The molecule has 2 aromatic rings. The molecule has 0 aromatic heterocycles. The van der Waals surface area contributed by atoms with Crippen molar-refractivity contribution in [2.24, 2.45) is 5.73 Å². The Morgan fingerprint density at radius 3 is 2.59 bits per heavy atom. The lowest BCUT2D eigenvalue weighted by atomic mass is 10.2. The van der Waals surface area contributed by atoms with Crippen molar-refractivity contribution in [1.82, 2.24) is 0 Å². The van der Waals surface area contributed by atoms with Crippen LogP contribution in [-0.2, 0) is 10.1 Å². The third-order valence-electron chi connectivity index (χ3n) is 3.62. The number of aryl methyl sites for hydroxylation is 1. The zero-order valence-corrected chi connectivity index (χ0v) is 20.7. The molecule has 0 unspecified atom stereocenters. The second-order valence-electron chi connectivity index (χ2n) is 5.98. The standard InChI is InChI=1S/C19H23ClN2O4S2.HI/c1-14-10-15(25-8-5-9-27-13-19(21)22-2)12-16(11-14)26-28(23,24)18-7-4-3-6-17(18)20;/h3-4,6-7,10-12H,5,8-9,13H2,1-2H3,(H2,21,22);1H. The molecule has 29 heavy (non-hydrogen) atoms. The highest BCUT2D eigenvalue weighted by atomic mass is 127. The van der Waals surface area contributed by atoms with Gasteiger partial charge in [0.05, 0.1) is 24.4 Å². The highest BCUT2D eigenvalue weighted by Crippen LogP contribution is 2.28. The fourth-order valence-corrected chi connectivity index (χ4v) is 4.51. The Balaban J connectivity index is 0.00000420. The van der Waals surface area contributed by atoms with E-state index < -0.39 is 10.1 Å². The smallest absolute Gasteiger partial charge is 0.340 e. The van der Waals surface area contributed by atoms with Crippen LogP contribution in [0.3, 0.4) is 0 Å². The Morgan fingerprint density at radius 1 is 1.21 bits per heavy atom. The van der Waals surface area contributed by atoms with E-state index in [4.69, 9.17) is 26.3 Å². The molecular formula is C19H24ClIN2O4S2. The first-order valence-corrected chi connectivity index (χ1v) is 11.6. The van der Waals surface area contributed by atoms with Crippen molar-refractivity contribution in [1.29, 1.82) is 0 Å². The van der Waals surface area contributed by atoms with Crippen LogP contribution in [0.25, 0.3) is 0 Å². The highest BCUT2D eigenvalue weighted by molar-refractivity contribution is 7.99. The molecule has 0 amide bonds. The van der Waals surface area contributed by atoms with Gasteiger partial charge in [0.25, 0.3) is 0 Å². The fraction of sp³-hybridized carbons (Fsp3) is 0.316. The van der Waals surface area contributed by atoms with Gasteiger partial charge in [-0.25, -0.2) is 0 Å². The molecule has 0 saturated carbocycles. The van der Waals surface area contributed by atoms with E-state index in [-0.39, 0.29) is 39.6 Å². The molecular weight excluding hydrogens is 547 g/mol. The number of rotatable bonds is 10. The van der Waals surface area contributed by atoms with Crippen LogP contribution in [0.4, 0.5) is 0 Å². The predicted molar refractivity (Wildman–Crippen MR) is 114 cm³/mol. The number of thioether (sulfide) groups is 1. The maximum Gasteiger partial charge on any atom is 0.340 e. The molecule has 3 N–H and O–H groups in total. The lowest BCUT2D eigenvalue weighted by molar-refractivity contribution is -0.421. The van der Waals surface area contributed by atoms with Crippen LogP contribution in [-0.4, -0.2) is 39.4 Å². The average molecular weight is 571 g/mol. The van der Waals surface area contributed by atoms with E-state index in [0.29, 0.717) is 12.4 Å². The molecule has 0 fully saturated rings. The molecule has 0 atom stereocenters. The molecule has 2 rings (SSSR count). The van der Waals surface area contributed by atoms with Gasteiger partial charge in [-0.3, -0.25) is 10.7 Å². The molecule has 0 heterocycles. The third-order valence-corrected chi connectivity index (χ3v) is 6.46. The van der Waals surface area contributed by atoms with Crippen molar-refractivity contribution >= 4 is 39.3 Å². The molecule has 0 aliphatic rings. The lowest BCUT2D eigenvalue weighted by Crippen LogP contribution is -3.00. The molecule has 0 aliphatic heterocycles. The Hall–Kier alpha value is -1.17. The van der Waals surface area contributed by atoms with Crippen LogP contribution in [0.1, 0.15) is 12.0 Å². The Bertz CT molecular complexity index is 940. The summed E-state index contributed by atoms with van der Waals surface area (Å²) in [6.07, 6.45) is 0.837. The van der Waals surface area contributed by atoms with Crippen LogP contribution in [0, 0.1) is 6.92 Å². The molecule has 2 aromatic carbocycles. The van der Waals surface area contributed by atoms with Gasteiger partial charge in [0.1, 0.15) is 16.4 Å².